The fourth-order valence-electron chi connectivity index (χ4n) is 2.39. The van der Waals surface area contributed by atoms with Crippen molar-refractivity contribution >= 4 is 25.4 Å². The van der Waals surface area contributed by atoms with Crippen molar-refractivity contribution in [2.24, 2.45) is 5.73 Å². The Hall–Kier alpha value is 0.451. The zero-order valence-corrected chi connectivity index (χ0v) is 17.2. The normalized spacial score (nSPS) is 13.8. The molecule has 0 aliphatic heterocycles. The molecule has 0 saturated heterocycles. The van der Waals surface area contributed by atoms with E-state index in [1.807, 2.05) is 0 Å². The minimum absolute atomic E-state index is 0.745. The van der Waals surface area contributed by atoms with Crippen LogP contribution in [0.25, 0.3) is 0 Å². The Kier molecular flexibility index (Phi) is 8.99. The molecule has 0 aromatic heterocycles. The second kappa shape index (κ2) is 8.79. The lowest BCUT2D eigenvalue weighted by Gasteiger charge is -2.35. The van der Waals surface area contributed by atoms with Gasteiger partial charge >= 0.3 is 8.80 Å². The van der Waals surface area contributed by atoms with Crippen LogP contribution in [0.1, 0.15) is 6.42 Å². The Morgan fingerprint density at radius 3 is 1.60 bits per heavy atom. The number of hydrogen-bond acceptors (Lipinski definition) is 5. The fourth-order valence-corrected chi connectivity index (χ4v) is 15.0. The van der Waals surface area contributed by atoms with E-state index in [0.717, 1.165) is 31.1 Å². The first-order chi connectivity index (χ1) is 9.16. The van der Waals surface area contributed by atoms with Crippen LogP contribution < -0.4 is 5.73 Å². The van der Waals surface area contributed by atoms with Gasteiger partial charge in [-0.05, 0) is 51.2 Å². The van der Waals surface area contributed by atoms with Gasteiger partial charge < -0.3 is 23.1 Å². The summed E-state index contributed by atoms with van der Waals surface area (Å²) in [6.45, 7) is 9.85. The van der Waals surface area contributed by atoms with Gasteiger partial charge in [0, 0.05) is 27.4 Å². The monoisotopic (exact) mass is 339 g/mol. The fraction of sp³-hybridized carbons (Fsp3) is 1.00. The van der Waals surface area contributed by atoms with Gasteiger partial charge in [-0.15, -0.1) is 0 Å². The Morgan fingerprint density at radius 2 is 1.20 bits per heavy atom. The van der Waals surface area contributed by atoms with Gasteiger partial charge in [-0.25, -0.2) is 0 Å². The maximum Gasteiger partial charge on any atom is 0.499 e. The summed E-state index contributed by atoms with van der Waals surface area (Å²) in [5.74, 6) is 0. The zero-order chi connectivity index (χ0) is 15.9. The third-order valence-corrected chi connectivity index (χ3v) is 14.2. The van der Waals surface area contributed by atoms with E-state index < -0.39 is 25.4 Å². The van der Waals surface area contributed by atoms with Crippen molar-refractivity contribution in [3.05, 3.63) is 0 Å². The zero-order valence-electron chi connectivity index (χ0n) is 14.2. The van der Waals surface area contributed by atoms with Crippen molar-refractivity contribution in [3.8, 4) is 0 Å². The topological polar surface area (TPSA) is 62.9 Å². The summed E-state index contributed by atoms with van der Waals surface area (Å²) < 4.78 is 23.0. The molecule has 2 N–H and O–H groups in total. The largest absolute Gasteiger partial charge is 0.499 e. The summed E-state index contributed by atoms with van der Waals surface area (Å²) in [7, 11) is -0.838. The van der Waals surface area contributed by atoms with Crippen molar-refractivity contribution in [2.75, 3.05) is 27.9 Å². The van der Waals surface area contributed by atoms with Gasteiger partial charge in [-0.1, -0.05) is 0 Å². The smallest absolute Gasteiger partial charge is 0.456 e. The van der Waals surface area contributed by atoms with Crippen molar-refractivity contribution in [1.29, 1.82) is 0 Å². The van der Waals surface area contributed by atoms with Crippen molar-refractivity contribution in [3.63, 3.8) is 0 Å². The Labute approximate surface area is 127 Å². The maximum absolute atomic E-state index is 6.53. The van der Waals surface area contributed by atoms with Crippen molar-refractivity contribution in [1.82, 2.24) is 0 Å². The highest BCUT2D eigenvalue weighted by molar-refractivity contribution is 6.85. The summed E-state index contributed by atoms with van der Waals surface area (Å²) in [6.07, 6.45) is 1.05. The molecule has 5 nitrogen and oxygen atoms in total. The summed E-state index contributed by atoms with van der Waals surface area (Å²) in [5, 5.41) is 0. The lowest BCUT2D eigenvalue weighted by atomic mass is 10.5. The highest BCUT2D eigenvalue weighted by Gasteiger charge is 2.41. The van der Waals surface area contributed by atoms with Crippen LogP contribution in [-0.2, 0) is 17.4 Å². The molecule has 8 heteroatoms. The minimum Gasteiger partial charge on any atom is -0.456 e. The molecule has 0 rings (SSSR count). The first-order valence-electron chi connectivity index (χ1n) is 7.21. The third kappa shape index (κ3) is 7.46. The molecule has 0 unspecified atom stereocenters. The first-order valence-corrected chi connectivity index (χ1v) is 15.4. The van der Waals surface area contributed by atoms with Crippen LogP contribution in [-0.4, -0.2) is 53.3 Å². The lowest BCUT2D eigenvalue weighted by Crippen LogP contribution is -2.48. The van der Waals surface area contributed by atoms with Crippen LogP contribution >= 0.6 is 0 Å². The molecular formula is C12H33NO4Si3. The molecule has 0 bridgehead atoms. The Balaban J connectivity index is 4.51. The summed E-state index contributed by atoms with van der Waals surface area (Å²) in [5.41, 5.74) is 5.60. The van der Waals surface area contributed by atoms with Crippen LogP contribution in [0, 0.1) is 0 Å². The molecule has 0 fully saturated rings. The second-order valence-corrected chi connectivity index (χ2v) is 18.3. The van der Waals surface area contributed by atoms with E-state index in [0.29, 0.717) is 0 Å². The van der Waals surface area contributed by atoms with Crippen molar-refractivity contribution < 1.29 is 17.4 Å². The molecule has 122 valence electrons. The predicted octanol–water partition coefficient (Wildman–Crippen LogP) is 2.64. The van der Waals surface area contributed by atoms with Gasteiger partial charge in [0.15, 0.2) is 16.6 Å². The van der Waals surface area contributed by atoms with E-state index >= 15 is 0 Å². The predicted molar refractivity (Wildman–Crippen MR) is 90.9 cm³/mol. The standard InChI is InChI=1S/C12H33NO4Si3/c1-14-20(15-2,16-3)12-11-19(6,7)17-18(4,5)10-8-9-13/h8-13H2,1-7H3. The van der Waals surface area contributed by atoms with Crippen LogP contribution in [0.3, 0.4) is 0 Å². The van der Waals surface area contributed by atoms with E-state index in [1.54, 1.807) is 21.3 Å². The van der Waals surface area contributed by atoms with Crippen LogP contribution in [0.2, 0.25) is 44.3 Å². The van der Waals surface area contributed by atoms with E-state index in [4.69, 9.17) is 23.1 Å². The highest BCUT2D eigenvalue weighted by atomic mass is 28.4. The molecule has 0 aromatic rings. The second-order valence-electron chi connectivity index (χ2n) is 6.31. The van der Waals surface area contributed by atoms with Gasteiger partial charge in [0.25, 0.3) is 0 Å². The molecule has 0 radical (unpaired) electrons. The molecule has 0 heterocycles. The third-order valence-electron chi connectivity index (χ3n) is 3.50. The summed E-state index contributed by atoms with van der Waals surface area (Å²) >= 11 is 0. The van der Waals surface area contributed by atoms with Crippen LogP contribution in [0.5, 0.6) is 0 Å². The SMILES string of the molecule is CO[Si](CC[Si](C)(C)O[Si](C)(C)CCCN)(OC)OC. The molecule has 0 aliphatic carbocycles. The van der Waals surface area contributed by atoms with E-state index in [1.165, 1.54) is 0 Å². The van der Waals surface area contributed by atoms with Crippen LogP contribution in [0.15, 0.2) is 0 Å². The van der Waals surface area contributed by atoms with E-state index in [9.17, 15) is 0 Å². The van der Waals surface area contributed by atoms with Gasteiger partial charge in [0.05, 0.1) is 0 Å². The van der Waals surface area contributed by atoms with Crippen LogP contribution in [0.4, 0.5) is 0 Å². The summed E-state index contributed by atoms with van der Waals surface area (Å²) in [4.78, 5) is 0. The van der Waals surface area contributed by atoms with Gasteiger partial charge in [0.2, 0.25) is 0 Å². The number of rotatable bonds is 11. The number of hydrogen-bond donors (Lipinski definition) is 1. The minimum atomic E-state index is -2.48. The molecule has 0 aromatic carbocycles. The van der Waals surface area contributed by atoms with Gasteiger partial charge in [-0.2, -0.15) is 0 Å². The lowest BCUT2D eigenvalue weighted by molar-refractivity contribution is 0.125. The summed E-state index contributed by atoms with van der Waals surface area (Å²) in [6, 6.07) is 2.94. The Bertz CT molecular complexity index is 265. The Morgan fingerprint density at radius 1 is 0.750 bits per heavy atom. The van der Waals surface area contributed by atoms with Crippen molar-refractivity contribution in [2.45, 2.75) is 50.7 Å². The average molecular weight is 340 g/mol. The molecule has 0 atom stereocenters. The quantitative estimate of drug-likeness (QED) is 0.586. The van der Waals surface area contributed by atoms with Gasteiger partial charge in [0.1, 0.15) is 0 Å². The van der Waals surface area contributed by atoms with E-state index in [2.05, 4.69) is 26.2 Å². The van der Waals surface area contributed by atoms with Gasteiger partial charge in [-0.3, -0.25) is 0 Å². The average Bonchev–Trinajstić information content (AvgIpc) is 2.37. The van der Waals surface area contributed by atoms with E-state index in [-0.39, 0.29) is 0 Å². The highest BCUT2D eigenvalue weighted by Crippen LogP contribution is 2.27. The molecule has 0 aliphatic rings. The molecule has 0 saturated carbocycles. The molecule has 0 spiro atoms. The molecular weight excluding hydrogens is 306 g/mol. The first kappa shape index (κ1) is 20.5. The maximum atomic E-state index is 6.53. The number of nitrogens with two attached hydrogens (primary N) is 1. The molecule has 20 heavy (non-hydrogen) atoms. The molecule has 0 amide bonds.